The molecule has 0 aliphatic heterocycles. The van der Waals surface area contributed by atoms with E-state index in [9.17, 15) is 10.2 Å². The van der Waals surface area contributed by atoms with Crippen LogP contribution in [-0.2, 0) is 0 Å². The van der Waals surface area contributed by atoms with E-state index in [2.05, 4.69) is 66.5 Å². The molecule has 0 spiro atoms. The van der Waals surface area contributed by atoms with Crippen molar-refractivity contribution in [1.82, 2.24) is 0 Å². The summed E-state index contributed by atoms with van der Waals surface area (Å²) in [4.78, 5) is 0. The van der Waals surface area contributed by atoms with Crippen LogP contribution in [0.1, 0.15) is 99.8 Å². The summed E-state index contributed by atoms with van der Waals surface area (Å²) in [5.74, 6) is 3.86. The molecule has 0 aromatic heterocycles. The summed E-state index contributed by atoms with van der Waals surface area (Å²) >= 11 is 0. The van der Waals surface area contributed by atoms with Gasteiger partial charge in [-0.1, -0.05) is 66.2 Å². The molecule has 0 bridgehead atoms. The van der Waals surface area contributed by atoms with Gasteiger partial charge in [0.1, 0.15) is 0 Å². The molecule has 0 radical (unpaired) electrons. The Morgan fingerprint density at radius 3 is 2.32 bits per heavy atom. The van der Waals surface area contributed by atoms with Gasteiger partial charge in [-0.25, -0.2) is 0 Å². The fourth-order valence-electron chi connectivity index (χ4n) is 10.2. The summed E-state index contributed by atoms with van der Waals surface area (Å²) in [5, 5.41) is 21.4. The van der Waals surface area contributed by atoms with Gasteiger partial charge in [0.25, 0.3) is 0 Å². The zero-order valence-corrected chi connectivity index (χ0v) is 22.8. The van der Waals surface area contributed by atoms with Crippen LogP contribution in [0.15, 0.2) is 23.3 Å². The highest BCUT2D eigenvalue weighted by Crippen LogP contribution is 2.74. The maximum Gasteiger partial charge on any atom is 0.0731 e. The highest BCUT2D eigenvalue weighted by Gasteiger charge is 2.67. The predicted molar refractivity (Wildman–Crippen MR) is 140 cm³/mol. The third-order valence-corrected chi connectivity index (χ3v) is 12.9. The van der Waals surface area contributed by atoms with Gasteiger partial charge >= 0.3 is 0 Å². The lowest BCUT2D eigenvalue weighted by molar-refractivity contribution is -0.193. The Labute approximate surface area is 208 Å². The van der Waals surface area contributed by atoms with Gasteiger partial charge in [0.15, 0.2) is 0 Å². The number of terminal acetylenes is 1. The standard InChI is InChI=1S/C32H48O2/c1-9-21-18-30(6)24(27(2,3)26(21)34)12-13-32(8)25(30)11-10-22-23-19-28(4,20-33)14-15-29(23,5)16-17-31(22,32)7/h1,10-11,21,24-26,33-34H,12-20H2,2-8H3/t21-,24-,25-,26-,28+,29-,30+,31-,32-/m1/s1. The predicted octanol–water partition coefficient (Wildman–Crippen LogP) is 6.92. The lowest BCUT2D eigenvalue weighted by atomic mass is 9.34. The van der Waals surface area contributed by atoms with Gasteiger partial charge < -0.3 is 10.2 Å². The lowest BCUT2D eigenvalue weighted by Gasteiger charge is -2.70. The second-order valence-corrected chi connectivity index (χ2v) is 15.0. The fourth-order valence-corrected chi connectivity index (χ4v) is 10.2. The average molecular weight is 465 g/mol. The number of fused-ring (bicyclic) bond motifs is 6. The monoisotopic (exact) mass is 464 g/mol. The molecule has 9 atom stereocenters. The van der Waals surface area contributed by atoms with Crippen LogP contribution >= 0.6 is 0 Å². The Kier molecular flexibility index (Phi) is 5.26. The zero-order chi connectivity index (χ0) is 24.9. The minimum Gasteiger partial charge on any atom is -0.396 e. The first-order valence-corrected chi connectivity index (χ1v) is 13.9. The van der Waals surface area contributed by atoms with E-state index in [0.717, 1.165) is 19.3 Å². The van der Waals surface area contributed by atoms with E-state index in [0.29, 0.717) is 11.8 Å². The molecule has 5 aliphatic rings. The molecule has 0 unspecified atom stereocenters. The van der Waals surface area contributed by atoms with Crippen molar-refractivity contribution in [1.29, 1.82) is 0 Å². The summed E-state index contributed by atoms with van der Waals surface area (Å²) in [6.45, 7) is 17.2. The summed E-state index contributed by atoms with van der Waals surface area (Å²) in [6.07, 6.45) is 19.9. The van der Waals surface area contributed by atoms with Gasteiger partial charge in [0.05, 0.1) is 6.10 Å². The van der Waals surface area contributed by atoms with Crippen molar-refractivity contribution in [2.24, 2.45) is 50.2 Å². The van der Waals surface area contributed by atoms with Crippen LogP contribution in [0.2, 0.25) is 0 Å². The second-order valence-electron chi connectivity index (χ2n) is 15.0. The smallest absolute Gasteiger partial charge is 0.0731 e. The minimum absolute atomic E-state index is 0.0128. The van der Waals surface area contributed by atoms with Crippen molar-refractivity contribution in [3.8, 4) is 12.3 Å². The quantitative estimate of drug-likeness (QED) is 0.413. The van der Waals surface area contributed by atoms with Crippen molar-refractivity contribution in [2.45, 2.75) is 106 Å². The fraction of sp³-hybridized carbons (Fsp3) is 0.812. The van der Waals surface area contributed by atoms with Gasteiger partial charge in [0.2, 0.25) is 0 Å². The molecular weight excluding hydrogens is 416 g/mol. The number of hydrogen-bond donors (Lipinski definition) is 2. The van der Waals surface area contributed by atoms with Gasteiger partial charge in [-0.05, 0) is 101 Å². The second kappa shape index (κ2) is 7.26. The van der Waals surface area contributed by atoms with Gasteiger partial charge in [-0.2, -0.15) is 0 Å². The van der Waals surface area contributed by atoms with E-state index >= 15 is 0 Å². The van der Waals surface area contributed by atoms with E-state index in [4.69, 9.17) is 6.42 Å². The molecule has 188 valence electrons. The van der Waals surface area contributed by atoms with Crippen molar-refractivity contribution < 1.29 is 10.2 Å². The maximum absolute atomic E-state index is 11.2. The first-order valence-electron chi connectivity index (χ1n) is 13.9. The molecule has 5 aliphatic carbocycles. The summed E-state index contributed by atoms with van der Waals surface area (Å²) in [6, 6.07) is 0. The van der Waals surface area contributed by atoms with Gasteiger partial charge in [0, 0.05) is 12.5 Å². The Balaban J connectivity index is 1.65. The molecule has 2 heteroatoms. The third kappa shape index (κ3) is 2.90. The van der Waals surface area contributed by atoms with Gasteiger partial charge in [-0.15, -0.1) is 12.3 Å². The van der Waals surface area contributed by atoms with Crippen LogP contribution in [0.3, 0.4) is 0 Å². The van der Waals surface area contributed by atoms with Crippen molar-refractivity contribution in [3.05, 3.63) is 23.3 Å². The van der Waals surface area contributed by atoms with Crippen molar-refractivity contribution in [2.75, 3.05) is 6.61 Å². The molecule has 0 amide bonds. The zero-order valence-electron chi connectivity index (χ0n) is 22.8. The van der Waals surface area contributed by atoms with Crippen LogP contribution < -0.4 is 0 Å². The number of rotatable bonds is 1. The summed E-state index contributed by atoms with van der Waals surface area (Å²) in [7, 11) is 0. The average Bonchev–Trinajstić information content (AvgIpc) is 2.78. The number of aliphatic hydroxyl groups is 2. The van der Waals surface area contributed by atoms with E-state index in [1.165, 1.54) is 32.1 Å². The highest BCUT2D eigenvalue weighted by molar-refractivity contribution is 5.45. The van der Waals surface area contributed by atoms with E-state index in [1.54, 1.807) is 11.1 Å². The van der Waals surface area contributed by atoms with E-state index in [1.807, 2.05) is 0 Å². The number of hydrogen-bond acceptors (Lipinski definition) is 2. The molecule has 0 heterocycles. The first kappa shape index (κ1) is 24.6. The minimum atomic E-state index is -0.422. The van der Waals surface area contributed by atoms with Crippen LogP contribution in [0, 0.1) is 62.6 Å². The van der Waals surface area contributed by atoms with Crippen molar-refractivity contribution in [3.63, 3.8) is 0 Å². The van der Waals surface area contributed by atoms with Crippen LogP contribution in [-0.4, -0.2) is 22.9 Å². The Hall–Kier alpha value is -1.04. The molecule has 3 fully saturated rings. The molecule has 0 saturated heterocycles. The van der Waals surface area contributed by atoms with E-state index < -0.39 is 6.10 Å². The molecule has 34 heavy (non-hydrogen) atoms. The normalized spacial score (nSPS) is 53.8. The molecule has 5 rings (SSSR count). The number of aliphatic hydroxyl groups excluding tert-OH is 2. The lowest BCUT2D eigenvalue weighted by Crippen LogP contribution is -2.64. The molecule has 0 aromatic rings. The largest absolute Gasteiger partial charge is 0.396 e. The Bertz CT molecular complexity index is 981. The van der Waals surface area contributed by atoms with Crippen LogP contribution in [0.25, 0.3) is 0 Å². The third-order valence-electron chi connectivity index (χ3n) is 12.9. The summed E-state index contributed by atoms with van der Waals surface area (Å²) in [5.41, 5.74) is 3.79. The topological polar surface area (TPSA) is 40.5 Å². The van der Waals surface area contributed by atoms with Crippen LogP contribution in [0.5, 0.6) is 0 Å². The SMILES string of the molecule is C#C[C@@H]1C[C@@]2(C)[C@H](CC[C@]3(C)[C@@H]2C=CC2=C4C[C@@](C)(CO)CC[C@]4(C)CC[C@]23C)C(C)(C)[C@@H]1O. The Morgan fingerprint density at radius 2 is 1.68 bits per heavy atom. The first-order chi connectivity index (χ1) is 15.7. The highest BCUT2D eigenvalue weighted by atomic mass is 16.3. The molecule has 2 N–H and O–H groups in total. The van der Waals surface area contributed by atoms with Crippen LogP contribution in [0.4, 0.5) is 0 Å². The Morgan fingerprint density at radius 1 is 1.00 bits per heavy atom. The molecule has 0 aromatic carbocycles. The van der Waals surface area contributed by atoms with E-state index in [-0.39, 0.29) is 45.0 Å². The number of allylic oxidation sites excluding steroid dienone is 4. The molecule has 3 saturated carbocycles. The van der Waals surface area contributed by atoms with Gasteiger partial charge in [-0.3, -0.25) is 0 Å². The molecular formula is C32H48O2. The maximum atomic E-state index is 11.2. The molecule has 2 nitrogen and oxygen atoms in total. The van der Waals surface area contributed by atoms with Crippen molar-refractivity contribution >= 4 is 0 Å². The summed E-state index contributed by atoms with van der Waals surface area (Å²) < 4.78 is 0.